The average molecular weight is 251 g/mol. The summed E-state index contributed by atoms with van der Waals surface area (Å²) in [5, 5.41) is 0.649. The van der Waals surface area contributed by atoms with Crippen molar-refractivity contribution >= 4 is 23.0 Å². The van der Waals surface area contributed by atoms with Crippen molar-refractivity contribution in [2.24, 2.45) is 0 Å². The first-order valence-corrected chi connectivity index (χ1v) is 5.76. The lowest BCUT2D eigenvalue weighted by Gasteiger charge is -2.21. The zero-order valence-electron chi connectivity index (χ0n) is 9.90. The van der Waals surface area contributed by atoms with Gasteiger partial charge in [0.2, 0.25) is 0 Å². The zero-order chi connectivity index (χ0) is 12.4. The predicted octanol–water partition coefficient (Wildman–Crippen LogP) is 3.46. The van der Waals surface area contributed by atoms with Gasteiger partial charge in [-0.05, 0) is 31.2 Å². The van der Waals surface area contributed by atoms with Crippen molar-refractivity contribution in [3.05, 3.63) is 46.9 Å². The van der Waals surface area contributed by atoms with Crippen LogP contribution >= 0.6 is 11.6 Å². The van der Waals surface area contributed by atoms with Crippen molar-refractivity contribution in [2.45, 2.75) is 13.5 Å². The molecule has 0 aliphatic rings. The maximum Gasteiger partial charge on any atom is 0.123 e. The largest absolute Gasteiger partial charge is 0.464 e. The molecule has 2 rings (SSSR count). The summed E-state index contributed by atoms with van der Waals surface area (Å²) in [6.45, 7) is 2.56. The Morgan fingerprint density at radius 1 is 1.29 bits per heavy atom. The fraction of sp³-hybridized carbons (Fsp3) is 0.231. The minimum absolute atomic E-state index is 0.641. The summed E-state index contributed by atoms with van der Waals surface area (Å²) in [6, 6.07) is 9.41. The second-order valence-electron chi connectivity index (χ2n) is 4.05. The quantitative estimate of drug-likeness (QED) is 0.849. The minimum Gasteiger partial charge on any atom is -0.464 e. The van der Waals surface area contributed by atoms with Crippen molar-refractivity contribution < 1.29 is 4.42 Å². The first-order chi connectivity index (χ1) is 8.08. The van der Waals surface area contributed by atoms with Gasteiger partial charge in [0.1, 0.15) is 11.5 Å². The summed E-state index contributed by atoms with van der Waals surface area (Å²) in [7, 11) is 1.94. The maximum atomic E-state index is 6.14. The molecule has 0 radical (unpaired) electrons. The molecule has 1 aromatic carbocycles. The van der Waals surface area contributed by atoms with E-state index in [-0.39, 0.29) is 0 Å². The van der Waals surface area contributed by atoms with Crippen LogP contribution in [-0.2, 0) is 6.54 Å². The molecule has 0 bridgehead atoms. The summed E-state index contributed by atoms with van der Waals surface area (Å²) < 4.78 is 5.53. The van der Waals surface area contributed by atoms with Gasteiger partial charge in [-0.3, -0.25) is 0 Å². The molecule has 90 valence electrons. The number of anilines is 2. The molecule has 0 aliphatic heterocycles. The number of benzene rings is 1. The van der Waals surface area contributed by atoms with Gasteiger partial charge >= 0.3 is 0 Å². The van der Waals surface area contributed by atoms with Gasteiger partial charge in [-0.25, -0.2) is 0 Å². The van der Waals surface area contributed by atoms with Crippen molar-refractivity contribution in [2.75, 3.05) is 17.7 Å². The third-order valence-electron chi connectivity index (χ3n) is 2.59. The molecule has 0 unspecified atom stereocenters. The molecule has 4 heteroatoms. The van der Waals surface area contributed by atoms with Gasteiger partial charge in [0.15, 0.2) is 0 Å². The second kappa shape index (κ2) is 4.72. The summed E-state index contributed by atoms with van der Waals surface area (Å²) in [4.78, 5) is 1.98. The molecular weight excluding hydrogens is 236 g/mol. The monoisotopic (exact) mass is 250 g/mol. The van der Waals surface area contributed by atoms with Crippen LogP contribution in [-0.4, -0.2) is 7.05 Å². The Balaban J connectivity index is 2.22. The standard InChI is InChI=1S/C13H15ClN2O/c1-9-6-7-10(17-9)8-16(2)13-11(14)4-3-5-12(13)15/h3-7H,8,15H2,1-2H3. The molecule has 0 amide bonds. The van der Waals surface area contributed by atoms with Crippen molar-refractivity contribution in [3.63, 3.8) is 0 Å². The van der Waals surface area contributed by atoms with Crippen molar-refractivity contribution in [1.82, 2.24) is 0 Å². The molecule has 0 spiro atoms. The lowest BCUT2D eigenvalue weighted by Crippen LogP contribution is -2.17. The number of halogens is 1. The van der Waals surface area contributed by atoms with Gasteiger partial charge in [-0.2, -0.15) is 0 Å². The summed E-state index contributed by atoms with van der Waals surface area (Å²) in [5.41, 5.74) is 7.43. The summed E-state index contributed by atoms with van der Waals surface area (Å²) in [6.07, 6.45) is 0. The van der Waals surface area contributed by atoms with Crippen LogP contribution < -0.4 is 10.6 Å². The Morgan fingerprint density at radius 2 is 2.06 bits per heavy atom. The van der Waals surface area contributed by atoms with Crippen LogP contribution in [0.5, 0.6) is 0 Å². The fourth-order valence-electron chi connectivity index (χ4n) is 1.82. The molecule has 0 aliphatic carbocycles. The van der Waals surface area contributed by atoms with Gasteiger partial charge in [0.05, 0.1) is 22.9 Å². The number of rotatable bonds is 3. The highest BCUT2D eigenvalue weighted by molar-refractivity contribution is 6.33. The van der Waals surface area contributed by atoms with Crippen LogP contribution in [0.25, 0.3) is 0 Å². The number of aryl methyl sites for hydroxylation is 1. The van der Waals surface area contributed by atoms with Gasteiger partial charge < -0.3 is 15.1 Å². The predicted molar refractivity (Wildman–Crippen MR) is 71.4 cm³/mol. The molecule has 3 nitrogen and oxygen atoms in total. The van der Waals surface area contributed by atoms with Crippen LogP contribution in [0, 0.1) is 6.92 Å². The molecule has 2 aromatic rings. The first-order valence-electron chi connectivity index (χ1n) is 5.38. The molecular formula is C13H15ClN2O. The third-order valence-corrected chi connectivity index (χ3v) is 2.89. The Kier molecular flexibility index (Phi) is 3.29. The van der Waals surface area contributed by atoms with Gasteiger partial charge in [-0.1, -0.05) is 17.7 Å². The number of hydrogen-bond donors (Lipinski definition) is 1. The minimum atomic E-state index is 0.641. The average Bonchev–Trinajstić information content (AvgIpc) is 2.63. The number of nitrogens with two attached hydrogens (primary N) is 1. The van der Waals surface area contributed by atoms with E-state index in [0.717, 1.165) is 17.2 Å². The van der Waals surface area contributed by atoms with E-state index in [4.69, 9.17) is 21.8 Å². The van der Waals surface area contributed by atoms with Crippen LogP contribution in [0.3, 0.4) is 0 Å². The van der Waals surface area contributed by atoms with E-state index >= 15 is 0 Å². The van der Waals surface area contributed by atoms with E-state index in [1.165, 1.54) is 0 Å². The number of nitrogens with zero attached hydrogens (tertiary/aromatic N) is 1. The Labute approximate surface area is 106 Å². The molecule has 0 saturated heterocycles. The normalized spacial score (nSPS) is 10.5. The van der Waals surface area contributed by atoms with Crippen LogP contribution in [0.2, 0.25) is 5.02 Å². The Hall–Kier alpha value is -1.61. The van der Waals surface area contributed by atoms with Gasteiger partial charge in [0.25, 0.3) is 0 Å². The van der Waals surface area contributed by atoms with E-state index in [0.29, 0.717) is 17.3 Å². The maximum absolute atomic E-state index is 6.14. The Bertz CT molecular complexity index is 502. The van der Waals surface area contributed by atoms with Crippen molar-refractivity contribution in [3.8, 4) is 0 Å². The SMILES string of the molecule is Cc1ccc(CN(C)c2c(N)cccc2Cl)o1. The highest BCUT2D eigenvalue weighted by atomic mass is 35.5. The Morgan fingerprint density at radius 3 is 2.65 bits per heavy atom. The first kappa shape index (κ1) is 11.9. The molecule has 1 heterocycles. The lowest BCUT2D eigenvalue weighted by atomic mass is 10.2. The molecule has 1 aromatic heterocycles. The molecule has 17 heavy (non-hydrogen) atoms. The smallest absolute Gasteiger partial charge is 0.123 e. The number of hydrogen-bond acceptors (Lipinski definition) is 3. The molecule has 0 atom stereocenters. The zero-order valence-corrected chi connectivity index (χ0v) is 10.7. The van der Waals surface area contributed by atoms with Crippen molar-refractivity contribution in [1.29, 1.82) is 0 Å². The number of para-hydroxylation sites is 1. The van der Waals surface area contributed by atoms with Crippen LogP contribution in [0.15, 0.2) is 34.7 Å². The summed E-state index contributed by atoms with van der Waals surface area (Å²) in [5.74, 6) is 1.80. The highest BCUT2D eigenvalue weighted by Gasteiger charge is 2.11. The number of furan rings is 1. The van der Waals surface area contributed by atoms with Gasteiger partial charge in [0, 0.05) is 7.05 Å². The van der Waals surface area contributed by atoms with E-state index in [1.807, 2.05) is 49.2 Å². The van der Waals surface area contributed by atoms with E-state index < -0.39 is 0 Å². The second-order valence-corrected chi connectivity index (χ2v) is 4.45. The van der Waals surface area contributed by atoms with Crippen LogP contribution in [0.4, 0.5) is 11.4 Å². The highest BCUT2D eigenvalue weighted by Crippen LogP contribution is 2.31. The van der Waals surface area contributed by atoms with E-state index in [9.17, 15) is 0 Å². The number of nitrogen functional groups attached to an aromatic ring is 1. The molecule has 2 N–H and O–H groups in total. The molecule has 0 fully saturated rings. The molecule has 0 saturated carbocycles. The summed E-state index contributed by atoms with van der Waals surface area (Å²) >= 11 is 6.14. The van der Waals surface area contributed by atoms with Crippen LogP contribution in [0.1, 0.15) is 11.5 Å². The fourth-order valence-corrected chi connectivity index (χ4v) is 2.14. The lowest BCUT2D eigenvalue weighted by molar-refractivity contribution is 0.482. The topological polar surface area (TPSA) is 42.4 Å². The third kappa shape index (κ3) is 2.56. The van der Waals surface area contributed by atoms with E-state index in [2.05, 4.69) is 0 Å². The van der Waals surface area contributed by atoms with E-state index in [1.54, 1.807) is 0 Å². The van der Waals surface area contributed by atoms with Gasteiger partial charge in [-0.15, -0.1) is 0 Å².